The molecule has 1 rings (SSSR count). The van der Waals surface area contributed by atoms with Crippen LogP contribution in [-0.4, -0.2) is 5.11 Å². The number of aryl methyl sites for hydroxylation is 1. The predicted molar refractivity (Wildman–Crippen MR) is 65.2 cm³/mol. The van der Waals surface area contributed by atoms with Crippen LogP contribution in [0.15, 0.2) is 12.1 Å². The predicted octanol–water partition coefficient (Wildman–Crippen LogP) is 4.26. The molecule has 0 saturated carbocycles. The number of rotatable bonds is 4. The topological polar surface area (TPSA) is 20.2 Å². The van der Waals surface area contributed by atoms with E-state index in [9.17, 15) is 9.50 Å². The van der Waals surface area contributed by atoms with Crippen LogP contribution in [-0.2, 0) is 0 Å². The lowest BCUT2D eigenvalue weighted by Crippen LogP contribution is -2.13. The zero-order valence-electron chi connectivity index (χ0n) is 9.93. The van der Waals surface area contributed by atoms with E-state index in [1.807, 2.05) is 13.8 Å². The fourth-order valence-electron chi connectivity index (χ4n) is 1.96. The van der Waals surface area contributed by atoms with E-state index in [2.05, 4.69) is 0 Å². The Morgan fingerprint density at radius 1 is 1.31 bits per heavy atom. The van der Waals surface area contributed by atoms with Crippen LogP contribution in [0.25, 0.3) is 0 Å². The zero-order valence-corrected chi connectivity index (χ0v) is 10.7. The van der Waals surface area contributed by atoms with Crippen molar-refractivity contribution in [2.75, 3.05) is 0 Å². The Hall–Kier alpha value is -0.600. The first kappa shape index (κ1) is 13.5. The van der Waals surface area contributed by atoms with Gasteiger partial charge in [-0.05, 0) is 30.5 Å². The molecule has 0 fully saturated rings. The highest BCUT2D eigenvalue weighted by Gasteiger charge is 2.22. The third-order valence-corrected chi connectivity index (χ3v) is 3.28. The van der Waals surface area contributed by atoms with Crippen LogP contribution in [0.4, 0.5) is 4.39 Å². The van der Waals surface area contributed by atoms with Crippen molar-refractivity contribution < 1.29 is 9.50 Å². The van der Waals surface area contributed by atoms with Crippen LogP contribution in [0.5, 0.6) is 0 Å². The molecule has 0 heterocycles. The highest BCUT2D eigenvalue weighted by Crippen LogP contribution is 2.31. The van der Waals surface area contributed by atoms with Crippen LogP contribution in [0.2, 0.25) is 5.02 Å². The molecule has 16 heavy (non-hydrogen) atoms. The summed E-state index contributed by atoms with van der Waals surface area (Å²) >= 11 is 5.88. The van der Waals surface area contributed by atoms with Gasteiger partial charge in [0.25, 0.3) is 0 Å². The molecule has 0 bridgehead atoms. The van der Waals surface area contributed by atoms with E-state index >= 15 is 0 Å². The van der Waals surface area contributed by atoms with E-state index in [1.54, 1.807) is 13.0 Å². The lowest BCUT2D eigenvalue weighted by atomic mass is 9.90. The average molecular weight is 245 g/mol. The Labute approximate surface area is 101 Å². The normalized spacial score (nSPS) is 13.2. The molecule has 0 aliphatic rings. The summed E-state index contributed by atoms with van der Waals surface area (Å²) in [5.74, 6) is -0.267. The summed E-state index contributed by atoms with van der Waals surface area (Å²) in [6, 6.07) is 3.09. The van der Waals surface area contributed by atoms with Crippen molar-refractivity contribution in [3.63, 3.8) is 0 Å². The zero-order chi connectivity index (χ0) is 12.3. The Morgan fingerprint density at radius 2 is 1.88 bits per heavy atom. The smallest absolute Gasteiger partial charge is 0.132 e. The van der Waals surface area contributed by atoms with Crippen molar-refractivity contribution in [3.8, 4) is 0 Å². The maximum Gasteiger partial charge on any atom is 0.132 e. The molecular weight excluding hydrogens is 227 g/mol. The number of benzene rings is 1. The molecule has 0 aliphatic carbocycles. The Kier molecular flexibility index (Phi) is 4.75. The highest BCUT2D eigenvalue weighted by molar-refractivity contribution is 6.30. The van der Waals surface area contributed by atoms with E-state index in [-0.39, 0.29) is 11.7 Å². The van der Waals surface area contributed by atoms with Gasteiger partial charge in [0.2, 0.25) is 0 Å². The lowest BCUT2D eigenvalue weighted by molar-refractivity contribution is 0.0994. The monoisotopic (exact) mass is 244 g/mol. The van der Waals surface area contributed by atoms with Crippen LogP contribution in [0.3, 0.4) is 0 Å². The second-order valence-corrected chi connectivity index (χ2v) is 4.58. The van der Waals surface area contributed by atoms with Gasteiger partial charge in [-0.15, -0.1) is 0 Å². The van der Waals surface area contributed by atoms with E-state index < -0.39 is 6.10 Å². The maximum atomic E-state index is 13.8. The van der Waals surface area contributed by atoms with Gasteiger partial charge in [-0.1, -0.05) is 38.3 Å². The van der Waals surface area contributed by atoms with Gasteiger partial charge in [0.05, 0.1) is 6.10 Å². The lowest BCUT2D eigenvalue weighted by Gasteiger charge is -2.21. The van der Waals surface area contributed by atoms with Crippen LogP contribution in [0.1, 0.15) is 43.9 Å². The molecule has 1 unspecified atom stereocenters. The van der Waals surface area contributed by atoms with Crippen molar-refractivity contribution >= 4 is 11.6 Å². The maximum absolute atomic E-state index is 13.8. The standard InChI is InChI=1S/C13H18ClFO/c1-4-9(5-2)13(16)11-7-10(14)6-8(3)12(11)15/h6-7,9,13,16H,4-5H2,1-3H3. The van der Waals surface area contributed by atoms with Crippen LogP contribution in [0, 0.1) is 18.7 Å². The van der Waals surface area contributed by atoms with E-state index in [1.165, 1.54) is 6.07 Å². The molecule has 1 aromatic rings. The fourth-order valence-corrected chi connectivity index (χ4v) is 2.24. The quantitative estimate of drug-likeness (QED) is 0.839. The molecule has 0 radical (unpaired) electrons. The molecule has 0 amide bonds. The van der Waals surface area contributed by atoms with Gasteiger partial charge in [0, 0.05) is 10.6 Å². The summed E-state index contributed by atoms with van der Waals surface area (Å²) in [4.78, 5) is 0. The minimum atomic E-state index is -0.771. The van der Waals surface area contributed by atoms with Crippen molar-refractivity contribution in [1.82, 2.24) is 0 Å². The molecule has 1 N–H and O–H groups in total. The Morgan fingerprint density at radius 3 is 2.38 bits per heavy atom. The molecule has 1 aromatic carbocycles. The van der Waals surface area contributed by atoms with Gasteiger partial charge < -0.3 is 5.11 Å². The molecule has 0 aliphatic heterocycles. The van der Waals surface area contributed by atoms with Crippen LogP contribution < -0.4 is 0 Å². The molecule has 90 valence electrons. The van der Waals surface area contributed by atoms with E-state index in [0.717, 1.165) is 12.8 Å². The van der Waals surface area contributed by atoms with E-state index in [4.69, 9.17) is 11.6 Å². The fraction of sp³-hybridized carbons (Fsp3) is 0.538. The SMILES string of the molecule is CCC(CC)C(O)c1cc(Cl)cc(C)c1F. The van der Waals surface area contributed by atoms with Gasteiger partial charge in [0.15, 0.2) is 0 Å². The number of aliphatic hydroxyl groups is 1. The van der Waals surface area contributed by atoms with Crippen molar-refractivity contribution in [1.29, 1.82) is 0 Å². The molecule has 0 aromatic heterocycles. The average Bonchev–Trinajstić information content (AvgIpc) is 2.24. The number of hydrogen-bond donors (Lipinski definition) is 1. The highest BCUT2D eigenvalue weighted by atomic mass is 35.5. The van der Waals surface area contributed by atoms with Gasteiger partial charge in [-0.3, -0.25) is 0 Å². The van der Waals surface area contributed by atoms with Gasteiger partial charge in [0.1, 0.15) is 5.82 Å². The molecule has 3 heteroatoms. The minimum Gasteiger partial charge on any atom is -0.388 e. The first-order chi connectivity index (χ1) is 7.51. The van der Waals surface area contributed by atoms with E-state index in [0.29, 0.717) is 16.1 Å². The third-order valence-electron chi connectivity index (χ3n) is 3.06. The molecular formula is C13H18ClFO. The summed E-state index contributed by atoms with van der Waals surface area (Å²) in [5, 5.41) is 10.6. The van der Waals surface area contributed by atoms with Crippen molar-refractivity contribution in [2.45, 2.75) is 39.7 Å². The summed E-state index contributed by atoms with van der Waals surface area (Å²) in [6.07, 6.45) is 0.873. The third kappa shape index (κ3) is 2.74. The summed E-state index contributed by atoms with van der Waals surface area (Å²) in [5.41, 5.74) is 0.797. The van der Waals surface area contributed by atoms with Gasteiger partial charge >= 0.3 is 0 Å². The summed E-state index contributed by atoms with van der Waals surface area (Å²) in [7, 11) is 0. The minimum absolute atomic E-state index is 0.0763. The van der Waals surface area contributed by atoms with Crippen molar-refractivity contribution in [2.24, 2.45) is 5.92 Å². The largest absolute Gasteiger partial charge is 0.388 e. The van der Waals surface area contributed by atoms with Gasteiger partial charge in [-0.2, -0.15) is 0 Å². The van der Waals surface area contributed by atoms with Crippen LogP contribution >= 0.6 is 11.6 Å². The van der Waals surface area contributed by atoms with Crippen molar-refractivity contribution in [3.05, 3.63) is 34.1 Å². The number of halogens is 2. The summed E-state index contributed by atoms with van der Waals surface area (Å²) in [6.45, 7) is 5.64. The Bertz CT molecular complexity index is 361. The second-order valence-electron chi connectivity index (χ2n) is 4.15. The molecule has 0 saturated heterocycles. The summed E-state index contributed by atoms with van der Waals surface area (Å²) < 4.78 is 13.8. The second kappa shape index (κ2) is 5.65. The molecule has 1 atom stereocenters. The molecule has 0 spiro atoms. The first-order valence-corrected chi connectivity index (χ1v) is 6.02. The van der Waals surface area contributed by atoms with Gasteiger partial charge in [-0.25, -0.2) is 4.39 Å². The number of hydrogen-bond acceptors (Lipinski definition) is 1. The number of aliphatic hydroxyl groups excluding tert-OH is 1. The Balaban J connectivity index is 3.11. The molecule has 1 nitrogen and oxygen atoms in total. The first-order valence-electron chi connectivity index (χ1n) is 5.64.